The number of aromatic nitrogens is 3. The van der Waals surface area contributed by atoms with E-state index in [2.05, 4.69) is 25.6 Å². The Bertz CT molecular complexity index is 963. The van der Waals surface area contributed by atoms with E-state index in [1.165, 1.54) is 0 Å². The summed E-state index contributed by atoms with van der Waals surface area (Å²) < 4.78 is 10.6. The van der Waals surface area contributed by atoms with Crippen molar-refractivity contribution in [3.63, 3.8) is 0 Å². The van der Waals surface area contributed by atoms with Crippen LogP contribution in [0.2, 0.25) is 0 Å². The van der Waals surface area contributed by atoms with Gasteiger partial charge in [0, 0.05) is 31.1 Å². The van der Waals surface area contributed by atoms with Gasteiger partial charge >= 0.3 is 0 Å². The number of amides is 1. The van der Waals surface area contributed by atoms with E-state index >= 15 is 0 Å². The van der Waals surface area contributed by atoms with Crippen molar-refractivity contribution in [2.75, 3.05) is 19.5 Å². The van der Waals surface area contributed by atoms with Crippen LogP contribution in [-0.4, -0.2) is 35.1 Å². The molecule has 2 aromatic heterocycles. The summed E-state index contributed by atoms with van der Waals surface area (Å²) in [5.74, 6) is 1.94. The second kappa shape index (κ2) is 8.81. The fourth-order valence-corrected chi connectivity index (χ4v) is 2.56. The van der Waals surface area contributed by atoms with Gasteiger partial charge in [-0.05, 0) is 30.7 Å². The molecule has 2 heterocycles. The molecule has 0 atom stereocenters. The molecule has 0 radical (unpaired) electrons. The summed E-state index contributed by atoms with van der Waals surface area (Å²) in [6.07, 6.45) is 3.39. The Morgan fingerprint density at radius 1 is 1.11 bits per heavy atom. The number of nitrogens with one attached hydrogen (secondary N) is 2. The maximum atomic E-state index is 12.5. The normalized spacial score (nSPS) is 10.2. The number of hydrogen-bond acceptors (Lipinski definition) is 7. The summed E-state index contributed by atoms with van der Waals surface area (Å²) >= 11 is 0. The van der Waals surface area contributed by atoms with Gasteiger partial charge in [-0.2, -0.15) is 0 Å². The van der Waals surface area contributed by atoms with Crippen LogP contribution in [0.25, 0.3) is 0 Å². The van der Waals surface area contributed by atoms with Crippen LogP contribution in [0.1, 0.15) is 21.9 Å². The van der Waals surface area contributed by atoms with Crippen LogP contribution in [-0.2, 0) is 6.54 Å². The molecule has 0 fully saturated rings. The molecule has 8 nitrogen and oxygen atoms in total. The van der Waals surface area contributed by atoms with Crippen LogP contribution in [0.3, 0.4) is 0 Å². The Hall–Kier alpha value is -3.68. The lowest BCUT2D eigenvalue weighted by Crippen LogP contribution is -2.24. The number of benzene rings is 1. The minimum Gasteiger partial charge on any atom is -0.497 e. The van der Waals surface area contributed by atoms with Gasteiger partial charge in [-0.3, -0.25) is 9.78 Å². The molecule has 0 aliphatic heterocycles. The molecule has 0 saturated carbocycles. The average Bonchev–Trinajstić information content (AvgIpc) is 2.72. The van der Waals surface area contributed by atoms with E-state index < -0.39 is 0 Å². The molecule has 0 bridgehead atoms. The van der Waals surface area contributed by atoms with Crippen LogP contribution in [0.15, 0.2) is 48.8 Å². The molecule has 1 amide bonds. The van der Waals surface area contributed by atoms with Crippen molar-refractivity contribution >= 4 is 17.4 Å². The zero-order valence-electron chi connectivity index (χ0n) is 15.9. The fourth-order valence-electron chi connectivity index (χ4n) is 2.56. The zero-order valence-corrected chi connectivity index (χ0v) is 15.9. The first-order valence-corrected chi connectivity index (χ1v) is 8.61. The largest absolute Gasteiger partial charge is 0.497 e. The standard InChI is InChI=1S/C20H21N5O3/c1-13-23-17(20(26)22-12-14-5-4-8-21-11-14)10-19(24-13)25-16-7-6-15(27-2)9-18(16)28-3/h4-11H,12H2,1-3H3,(H,22,26)(H,23,24,25). The number of anilines is 2. The number of carbonyl (C=O) groups excluding carboxylic acids is 1. The number of pyridine rings is 1. The van der Waals surface area contributed by atoms with Gasteiger partial charge in [0.05, 0.1) is 19.9 Å². The first-order chi connectivity index (χ1) is 13.6. The van der Waals surface area contributed by atoms with Gasteiger partial charge in [0.1, 0.15) is 28.8 Å². The molecular formula is C20H21N5O3. The summed E-state index contributed by atoms with van der Waals surface area (Å²) in [6.45, 7) is 2.10. The van der Waals surface area contributed by atoms with E-state index in [9.17, 15) is 4.79 Å². The highest BCUT2D eigenvalue weighted by molar-refractivity contribution is 5.93. The first kappa shape index (κ1) is 19.1. The third-order valence-corrected chi connectivity index (χ3v) is 3.92. The van der Waals surface area contributed by atoms with Crippen molar-refractivity contribution in [1.29, 1.82) is 0 Å². The van der Waals surface area contributed by atoms with Gasteiger partial charge in [-0.25, -0.2) is 9.97 Å². The molecule has 3 aromatic rings. The van der Waals surface area contributed by atoms with E-state index in [4.69, 9.17) is 9.47 Å². The molecule has 3 rings (SSSR count). The lowest BCUT2D eigenvalue weighted by atomic mass is 10.2. The van der Waals surface area contributed by atoms with Gasteiger partial charge in [0.2, 0.25) is 0 Å². The third-order valence-electron chi connectivity index (χ3n) is 3.92. The van der Waals surface area contributed by atoms with Crippen LogP contribution >= 0.6 is 0 Å². The Balaban J connectivity index is 1.77. The number of rotatable bonds is 7. The maximum absolute atomic E-state index is 12.5. The lowest BCUT2D eigenvalue weighted by molar-refractivity contribution is 0.0945. The van der Waals surface area contributed by atoms with Gasteiger partial charge in [0.15, 0.2) is 0 Å². The third kappa shape index (κ3) is 4.73. The van der Waals surface area contributed by atoms with Crippen molar-refractivity contribution in [2.45, 2.75) is 13.5 Å². The predicted molar refractivity (Wildman–Crippen MR) is 105 cm³/mol. The summed E-state index contributed by atoms with van der Waals surface area (Å²) in [5, 5.41) is 6.00. The first-order valence-electron chi connectivity index (χ1n) is 8.61. The van der Waals surface area contributed by atoms with Crippen molar-refractivity contribution in [3.8, 4) is 11.5 Å². The lowest BCUT2D eigenvalue weighted by Gasteiger charge is -2.13. The summed E-state index contributed by atoms with van der Waals surface area (Å²) in [4.78, 5) is 25.1. The van der Waals surface area contributed by atoms with Gasteiger partial charge in [0.25, 0.3) is 5.91 Å². The van der Waals surface area contributed by atoms with Crippen molar-refractivity contribution in [2.24, 2.45) is 0 Å². The number of aryl methyl sites for hydroxylation is 1. The highest BCUT2D eigenvalue weighted by atomic mass is 16.5. The number of methoxy groups -OCH3 is 2. The van der Waals surface area contributed by atoms with Crippen LogP contribution < -0.4 is 20.1 Å². The highest BCUT2D eigenvalue weighted by Crippen LogP contribution is 2.31. The molecule has 144 valence electrons. The smallest absolute Gasteiger partial charge is 0.270 e. The van der Waals surface area contributed by atoms with E-state index in [1.54, 1.807) is 51.7 Å². The van der Waals surface area contributed by atoms with Crippen molar-refractivity contribution < 1.29 is 14.3 Å². The number of carbonyl (C=O) groups is 1. The minimum absolute atomic E-state index is 0.270. The summed E-state index contributed by atoms with van der Waals surface area (Å²) in [5.41, 5.74) is 1.87. The quantitative estimate of drug-likeness (QED) is 0.651. The number of ether oxygens (including phenoxy) is 2. The van der Waals surface area contributed by atoms with Gasteiger partial charge in [-0.1, -0.05) is 6.07 Å². The second-order valence-corrected chi connectivity index (χ2v) is 5.92. The fraction of sp³-hybridized carbons (Fsp3) is 0.200. The predicted octanol–water partition coefficient (Wildman–Crippen LogP) is 2.87. The van der Waals surface area contributed by atoms with Crippen molar-refractivity contribution in [1.82, 2.24) is 20.3 Å². The van der Waals surface area contributed by atoms with E-state index in [0.29, 0.717) is 35.4 Å². The Morgan fingerprint density at radius 2 is 1.96 bits per heavy atom. The molecule has 0 spiro atoms. The van der Waals surface area contributed by atoms with Gasteiger partial charge < -0.3 is 20.1 Å². The van der Waals surface area contributed by atoms with Crippen LogP contribution in [0, 0.1) is 6.92 Å². The Morgan fingerprint density at radius 3 is 2.68 bits per heavy atom. The molecule has 0 aliphatic carbocycles. The molecule has 0 unspecified atom stereocenters. The van der Waals surface area contributed by atoms with Crippen molar-refractivity contribution in [3.05, 3.63) is 65.9 Å². The summed E-state index contributed by atoms with van der Waals surface area (Å²) in [6, 6.07) is 10.7. The molecule has 28 heavy (non-hydrogen) atoms. The van der Waals surface area contributed by atoms with Gasteiger partial charge in [-0.15, -0.1) is 0 Å². The average molecular weight is 379 g/mol. The van der Waals surface area contributed by atoms with Crippen LogP contribution in [0.5, 0.6) is 11.5 Å². The molecule has 8 heteroatoms. The Labute approximate surface area is 163 Å². The van der Waals surface area contributed by atoms with E-state index in [1.807, 2.05) is 18.2 Å². The second-order valence-electron chi connectivity index (χ2n) is 5.92. The number of hydrogen-bond donors (Lipinski definition) is 2. The van der Waals surface area contributed by atoms with E-state index in [0.717, 1.165) is 5.56 Å². The number of nitrogens with zero attached hydrogens (tertiary/aromatic N) is 3. The monoisotopic (exact) mass is 379 g/mol. The topological polar surface area (TPSA) is 98.3 Å². The van der Waals surface area contributed by atoms with Crippen LogP contribution in [0.4, 0.5) is 11.5 Å². The molecule has 1 aromatic carbocycles. The zero-order chi connectivity index (χ0) is 19.9. The Kier molecular flexibility index (Phi) is 6.01. The maximum Gasteiger partial charge on any atom is 0.270 e. The molecule has 2 N–H and O–H groups in total. The van der Waals surface area contributed by atoms with E-state index in [-0.39, 0.29) is 11.6 Å². The minimum atomic E-state index is -0.293. The molecular weight excluding hydrogens is 358 g/mol. The highest BCUT2D eigenvalue weighted by Gasteiger charge is 2.12. The summed E-state index contributed by atoms with van der Waals surface area (Å²) in [7, 11) is 3.16. The molecule has 0 aliphatic rings. The SMILES string of the molecule is COc1ccc(Nc2cc(C(=O)NCc3cccnc3)nc(C)n2)c(OC)c1. The molecule has 0 saturated heterocycles.